The molecule has 0 radical (unpaired) electrons. The van der Waals surface area contributed by atoms with Gasteiger partial charge in [0.05, 0.1) is 28.4 Å². The highest BCUT2D eigenvalue weighted by Gasteiger charge is 2.30. The van der Waals surface area contributed by atoms with Crippen molar-refractivity contribution in [2.24, 2.45) is 5.92 Å². The van der Waals surface area contributed by atoms with E-state index in [9.17, 15) is 9.59 Å². The van der Waals surface area contributed by atoms with Crippen molar-refractivity contribution >= 4 is 55.0 Å². The average Bonchev–Trinajstić information content (AvgIpc) is 3.20. The SMILES string of the molecule is CC(C)OC(=O)c1c(NC(=O)c2cc(-c3ccc(Br)cc3)nc3ccccc23)sc2c1CC[C@H](C)C2. The molecule has 2 aromatic heterocycles. The van der Waals surface area contributed by atoms with Crippen LogP contribution in [0.3, 0.4) is 0 Å². The first-order chi connectivity index (χ1) is 17.3. The second-order valence-electron chi connectivity index (χ2n) is 9.54. The number of rotatable bonds is 5. The van der Waals surface area contributed by atoms with Crippen molar-refractivity contribution in [3.63, 3.8) is 0 Å². The molecule has 7 heteroatoms. The molecule has 36 heavy (non-hydrogen) atoms. The van der Waals surface area contributed by atoms with Gasteiger partial charge in [0, 0.05) is 20.3 Å². The van der Waals surface area contributed by atoms with Gasteiger partial charge in [0.15, 0.2) is 0 Å². The number of para-hydroxylation sites is 1. The Balaban J connectivity index is 1.57. The van der Waals surface area contributed by atoms with Crippen LogP contribution in [0.1, 0.15) is 58.3 Å². The predicted octanol–water partition coefficient (Wildman–Crippen LogP) is 7.67. The standard InChI is InChI=1S/C29H27BrN2O3S/c1-16(2)35-29(34)26-21-13-8-17(3)14-25(21)36-28(26)32-27(33)22-15-24(18-9-11-19(30)12-10-18)31-23-7-5-4-6-20(22)23/h4-7,9-12,15-17H,8,13-14H2,1-3H3,(H,32,33)/t17-/m0/s1. The number of fused-ring (bicyclic) bond motifs is 2. The van der Waals surface area contributed by atoms with Gasteiger partial charge in [-0.1, -0.05) is 53.2 Å². The second-order valence-corrected chi connectivity index (χ2v) is 11.6. The summed E-state index contributed by atoms with van der Waals surface area (Å²) in [5, 5.41) is 4.40. The molecule has 0 saturated heterocycles. The maximum Gasteiger partial charge on any atom is 0.341 e. The lowest BCUT2D eigenvalue weighted by atomic mass is 9.88. The van der Waals surface area contributed by atoms with Crippen LogP contribution in [0, 0.1) is 5.92 Å². The first-order valence-electron chi connectivity index (χ1n) is 12.1. The minimum Gasteiger partial charge on any atom is -0.459 e. The quantitative estimate of drug-likeness (QED) is 0.253. The number of halogens is 1. The molecular formula is C29H27BrN2O3S. The van der Waals surface area contributed by atoms with Gasteiger partial charge in [-0.3, -0.25) is 4.79 Å². The highest BCUT2D eigenvalue weighted by atomic mass is 79.9. The minimum absolute atomic E-state index is 0.239. The molecule has 1 atom stereocenters. The zero-order chi connectivity index (χ0) is 25.4. The Kier molecular flexibility index (Phi) is 6.95. The fourth-order valence-corrected chi connectivity index (χ4v) is 6.29. The maximum absolute atomic E-state index is 13.7. The van der Waals surface area contributed by atoms with Crippen LogP contribution in [0.4, 0.5) is 5.00 Å². The predicted molar refractivity (Wildman–Crippen MR) is 149 cm³/mol. The summed E-state index contributed by atoms with van der Waals surface area (Å²) in [5.41, 5.74) is 4.41. The minimum atomic E-state index is -0.373. The van der Waals surface area contributed by atoms with E-state index in [1.165, 1.54) is 11.3 Å². The summed E-state index contributed by atoms with van der Waals surface area (Å²) in [6.07, 6.45) is 2.50. The smallest absolute Gasteiger partial charge is 0.341 e. The van der Waals surface area contributed by atoms with Crippen molar-refractivity contribution in [2.75, 3.05) is 5.32 Å². The van der Waals surface area contributed by atoms with Crippen LogP contribution in [0.25, 0.3) is 22.2 Å². The van der Waals surface area contributed by atoms with Crippen LogP contribution in [-0.2, 0) is 17.6 Å². The monoisotopic (exact) mass is 562 g/mol. The Morgan fingerprint density at radius 3 is 2.64 bits per heavy atom. The summed E-state index contributed by atoms with van der Waals surface area (Å²) in [4.78, 5) is 32.8. The van der Waals surface area contributed by atoms with Crippen LogP contribution in [0.2, 0.25) is 0 Å². The number of benzene rings is 2. The summed E-state index contributed by atoms with van der Waals surface area (Å²) in [6, 6.07) is 17.3. The third kappa shape index (κ3) is 4.95. The summed E-state index contributed by atoms with van der Waals surface area (Å²) < 4.78 is 6.55. The number of anilines is 1. The van der Waals surface area contributed by atoms with Crippen LogP contribution >= 0.6 is 27.3 Å². The van der Waals surface area contributed by atoms with Gasteiger partial charge >= 0.3 is 5.97 Å². The lowest BCUT2D eigenvalue weighted by molar-refractivity contribution is 0.0378. The van der Waals surface area contributed by atoms with Crippen molar-refractivity contribution in [3.8, 4) is 11.3 Å². The average molecular weight is 564 g/mol. The number of carbonyl (C=O) groups excluding carboxylic acids is 2. The highest BCUT2D eigenvalue weighted by molar-refractivity contribution is 9.10. The lowest BCUT2D eigenvalue weighted by Crippen LogP contribution is -2.19. The van der Waals surface area contributed by atoms with E-state index in [4.69, 9.17) is 9.72 Å². The van der Waals surface area contributed by atoms with Crippen molar-refractivity contribution in [1.82, 2.24) is 4.98 Å². The van der Waals surface area contributed by atoms with Crippen LogP contribution in [0.15, 0.2) is 59.1 Å². The van der Waals surface area contributed by atoms with E-state index in [1.807, 2.05) is 68.4 Å². The van der Waals surface area contributed by atoms with Gasteiger partial charge in [-0.05, 0) is 68.9 Å². The van der Waals surface area contributed by atoms with E-state index >= 15 is 0 Å². The number of esters is 1. The Morgan fingerprint density at radius 1 is 1.14 bits per heavy atom. The Hall–Kier alpha value is -3.03. The Morgan fingerprint density at radius 2 is 1.89 bits per heavy atom. The molecule has 0 unspecified atom stereocenters. The van der Waals surface area contributed by atoms with Crippen LogP contribution in [-0.4, -0.2) is 23.0 Å². The van der Waals surface area contributed by atoms with E-state index in [1.54, 1.807) is 0 Å². The second kappa shape index (κ2) is 10.1. The molecule has 5 rings (SSSR count). The van der Waals surface area contributed by atoms with E-state index in [0.29, 0.717) is 27.7 Å². The summed E-state index contributed by atoms with van der Waals surface area (Å²) in [5.74, 6) is -0.0917. The molecule has 2 aromatic carbocycles. The van der Waals surface area contributed by atoms with Gasteiger partial charge in [0.2, 0.25) is 0 Å². The van der Waals surface area contributed by atoms with Crippen LogP contribution in [0.5, 0.6) is 0 Å². The molecule has 5 nitrogen and oxygen atoms in total. The van der Waals surface area contributed by atoms with Crippen molar-refractivity contribution in [2.45, 2.75) is 46.1 Å². The molecule has 1 N–H and O–H groups in total. The van der Waals surface area contributed by atoms with E-state index in [2.05, 4.69) is 28.2 Å². The summed E-state index contributed by atoms with van der Waals surface area (Å²) in [7, 11) is 0. The lowest BCUT2D eigenvalue weighted by Gasteiger charge is -2.19. The third-order valence-electron chi connectivity index (χ3n) is 6.39. The van der Waals surface area contributed by atoms with Crippen molar-refractivity contribution < 1.29 is 14.3 Å². The van der Waals surface area contributed by atoms with Gasteiger partial charge in [0.1, 0.15) is 5.00 Å². The zero-order valence-corrected chi connectivity index (χ0v) is 22.8. The third-order valence-corrected chi connectivity index (χ3v) is 8.08. The van der Waals surface area contributed by atoms with E-state index in [0.717, 1.165) is 50.6 Å². The molecule has 0 saturated carbocycles. The van der Waals surface area contributed by atoms with Gasteiger partial charge in [-0.25, -0.2) is 9.78 Å². The number of ether oxygens (including phenoxy) is 1. The van der Waals surface area contributed by atoms with Crippen molar-refractivity contribution in [3.05, 3.63) is 80.6 Å². The van der Waals surface area contributed by atoms with Crippen molar-refractivity contribution in [1.29, 1.82) is 0 Å². The van der Waals surface area contributed by atoms with Gasteiger partial charge in [0.25, 0.3) is 5.91 Å². The molecule has 1 aliphatic carbocycles. The molecule has 0 aliphatic heterocycles. The number of nitrogens with one attached hydrogen (secondary N) is 1. The first-order valence-corrected chi connectivity index (χ1v) is 13.7. The fourth-order valence-electron chi connectivity index (χ4n) is 4.63. The largest absolute Gasteiger partial charge is 0.459 e. The number of thiophene rings is 1. The summed E-state index contributed by atoms with van der Waals surface area (Å²) in [6.45, 7) is 5.90. The molecule has 1 amide bonds. The number of hydrogen-bond acceptors (Lipinski definition) is 5. The topological polar surface area (TPSA) is 68.3 Å². The maximum atomic E-state index is 13.7. The number of carbonyl (C=O) groups is 2. The highest BCUT2D eigenvalue weighted by Crippen LogP contribution is 2.40. The number of nitrogens with zero attached hydrogens (tertiary/aromatic N) is 1. The molecule has 0 bridgehead atoms. The molecular weight excluding hydrogens is 536 g/mol. The van der Waals surface area contributed by atoms with E-state index in [-0.39, 0.29) is 18.0 Å². The molecule has 0 fully saturated rings. The van der Waals surface area contributed by atoms with Gasteiger partial charge < -0.3 is 10.1 Å². The van der Waals surface area contributed by atoms with Gasteiger partial charge in [-0.15, -0.1) is 11.3 Å². The Labute approximate surface area is 223 Å². The number of pyridine rings is 1. The van der Waals surface area contributed by atoms with E-state index < -0.39 is 0 Å². The number of amides is 1. The molecule has 0 spiro atoms. The zero-order valence-electron chi connectivity index (χ0n) is 20.4. The number of aromatic nitrogens is 1. The molecule has 4 aromatic rings. The van der Waals surface area contributed by atoms with Gasteiger partial charge in [-0.2, -0.15) is 0 Å². The van der Waals surface area contributed by atoms with Crippen LogP contribution < -0.4 is 5.32 Å². The molecule has 184 valence electrons. The summed E-state index contributed by atoms with van der Waals surface area (Å²) >= 11 is 4.97. The first kappa shape index (κ1) is 24.7. The number of hydrogen-bond donors (Lipinski definition) is 1. The molecule has 2 heterocycles. The normalized spacial score (nSPS) is 15.1. The Bertz CT molecular complexity index is 1460. The fraction of sp³-hybridized carbons (Fsp3) is 0.276. The molecule has 1 aliphatic rings.